The Morgan fingerprint density at radius 2 is 1.67 bits per heavy atom. The molecule has 0 fully saturated rings. The molecule has 5 nitrogen and oxygen atoms in total. The molecular weight excluding hydrogens is 376 g/mol. The molecule has 30 heavy (non-hydrogen) atoms. The lowest BCUT2D eigenvalue weighted by Crippen LogP contribution is -2.38. The predicted octanol–water partition coefficient (Wildman–Crippen LogP) is 4.53. The highest BCUT2D eigenvalue weighted by molar-refractivity contribution is 5.84. The SMILES string of the molecule is O=C(O)C(Cc1c[nH]c2ccccc12)NCc1ccc(OCc2ccccc2)cc1. The van der Waals surface area contributed by atoms with Gasteiger partial charge in [-0.15, -0.1) is 0 Å². The van der Waals surface area contributed by atoms with Gasteiger partial charge in [0.25, 0.3) is 0 Å². The molecule has 0 radical (unpaired) electrons. The zero-order chi connectivity index (χ0) is 20.8. The molecule has 0 aliphatic heterocycles. The molecule has 3 aromatic carbocycles. The molecule has 0 amide bonds. The number of aromatic amines is 1. The molecule has 1 unspecified atom stereocenters. The monoisotopic (exact) mass is 400 g/mol. The van der Waals surface area contributed by atoms with Gasteiger partial charge < -0.3 is 20.1 Å². The zero-order valence-electron chi connectivity index (χ0n) is 16.5. The number of rotatable bonds is 9. The number of para-hydroxylation sites is 1. The number of benzene rings is 3. The van der Waals surface area contributed by atoms with Crippen molar-refractivity contribution in [1.29, 1.82) is 0 Å². The van der Waals surface area contributed by atoms with Gasteiger partial charge in [-0.1, -0.05) is 60.7 Å². The van der Waals surface area contributed by atoms with Gasteiger partial charge in [0.1, 0.15) is 18.4 Å². The first-order valence-electron chi connectivity index (χ1n) is 9.96. The summed E-state index contributed by atoms with van der Waals surface area (Å²) in [5.41, 5.74) is 4.13. The smallest absolute Gasteiger partial charge is 0.321 e. The van der Waals surface area contributed by atoms with Crippen molar-refractivity contribution >= 4 is 16.9 Å². The first-order chi connectivity index (χ1) is 14.7. The fraction of sp³-hybridized carbons (Fsp3) is 0.160. The summed E-state index contributed by atoms with van der Waals surface area (Å²) in [6, 6.07) is 25.0. The Bertz CT molecular complexity index is 1100. The summed E-state index contributed by atoms with van der Waals surface area (Å²) in [7, 11) is 0. The maximum Gasteiger partial charge on any atom is 0.321 e. The lowest BCUT2D eigenvalue weighted by atomic mass is 10.0. The van der Waals surface area contributed by atoms with Crippen LogP contribution in [0.15, 0.2) is 85.1 Å². The number of aromatic nitrogens is 1. The first kappa shape index (κ1) is 19.7. The largest absolute Gasteiger partial charge is 0.489 e. The number of carboxylic acids is 1. The molecule has 1 atom stereocenters. The van der Waals surface area contributed by atoms with Gasteiger partial charge in [0.05, 0.1) is 0 Å². The molecule has 152 valence electrons. The van der Waals surface area contributed by atoms with Crippen LogP contribution in [0.1, 0.15) is 16.7 Å². The number of hydrogen-bond donors (Lipinski definition) is 3. The van der Waals surface area contributed by atoms with Gasteiger partial charge in [0.15, 0.2) is 0 Å². The topological polar surface area (TPSA) is 74.3 Å². The Balaban J connectivity index is 1.34. The molecule has 5 heteroatoms. The van der Waals surface area contributed by atoms with Crippen LogP contribution in [0.2, 0.25) is 0 Å². The number of hydrogen-bond acceptors (Lipinski definition) is 3. The molecule has 4 rings (SSSR count). The molecule has 0 saturated carbocycles. The summed E-state index contributed by atoms with van der Waals surface area (Å²) in [6.07, 6.45) is 2.30. The highest BCUT2D eigenvalue weighted by Crippen LogP contribution is 2.19. The molecule has 4 aromatic rings. The minimum absolute atomic E-state index is 0.414. The van der Waals surface area contributed by atoms with Crippen LogP contribution in [0.3, 0.4) is 0 Å². The van der Waals surface area contributed by atoms with E-state index >= 15 is 0 Å². The van der Waals surface area contributed by atoms with E-state index in [1.807, 2.05) is 85.1 Å². The molecule has 0 spiro atoms. The fourth-order valence-electron chi connectivity index (χ4n) is 3.45. The predicted molar refractivity (Wildman–Crippen MR) is 117 cm³/mol. The van der Waals surface area contributed by atoms with E-state index in [0.717, 1.165) is 33.3 Å². The highest BCUT2D eigenvalue weighted by Gasteiger charge is 2.19. The highest BCUT2D eigenvalue weighted by atomic mass is 16.5. The van der Waals surface area contributed by atoms with Gasteiger partial charge in [0, 0.05) is 30.1 Å². The quantitative estimate of drug-likeness (QED) is 0.386. The van der Waals surface area contributed by atoms with Crippen molar-refractivity contribution in [3.63, 3.8) is 0 Å². The molecular formula is C25H24N2O3. The number of ether oxygens (including phenoxy) is 1. The van der Waals surface area contributed by atoms with Crippen molar-refractivity contribution in [2.24, 2.45) is 0 Å². The minimum atomic E-state index is -0.858. The van der Waals surface area contributed by atoms with Crippen molar-refractivity contribution in [1.82, 2.24) is 10.3 Å². The van der Waals surface area contributed by atoms with Crippen molar-refractivity contribution in [3.8, 4) is 5.75 Å². The second-order valence-electron chi connectivity index (χ2n) is 7.25. The van der Waals surface area contributed by atoms with Gasteiger partial charge in [-0.05, 0) is 34.9 Å². The maximum atomic E-state index is 11.8. The van der Waals surface area contributed by atoms with E-state index in [0.29, 0.717) is 19.6 Å². The van der Waals surface area contributed by atoms with Crippen molar-refractivity contribution in [2.75, 3.05) is 0 Å². The lowest BCUT2D eigenvalue weighted by molar-refractivity contribution is -0.139. The zero-order valence-corrected chi connectivity index (χ0v) is 16.5. The number of nitrogens with one attached hydrogen (secondary N) is 2. The van der Waals surface area contributed by atoms with E-state index in [4.69, 9.17) is 4.74 Å². The Morgan fingerprint density at radius 3 is 2.43 bits per heavy atom. The summed E-state index contributed by atoms with van der Waals surface area (Å²) >= 11 is 0. The van der Waals surface area contributed by atoms with E-state index < -0.39 is 12.0 Å². The van der Waals surface area contributed by atoms with Gasteiger partial charge in [0.2, 0.25) is 0 Å². The first-order valence-corrected chi connectivity index (χ1v) is 9.96. The second kappa shape index (κ2) is 9.29. The maximum absolute atomic E-state index is 11.8. The summed E-state index contributed by atoms with van der Waals surface area (Å²) in [5.74, 6) is -0.0701. The molecule has 3 N–H and O–H groups in total. The summed E-state index contributed by atoms with van der Waals surface area (Å²) < 4.78 is 5.80. The average molecular weight is 400 g/mol. The van der Waals surface area contributed by atoms with Crippen LogP contribution in [0, 0.1) is 0 Å². The molecule has 0 saturated heterocycles. The van der Waals surface area contributed by atoms with E-state index in [9.17, 15) is 9.90 Å². The number of carbonyl (C=O) groups is 1. The van der Waals surface area contributed by atoms with Crippen LogP contribution < -0.4 is 10.1 Å². The molecule has 0 aliphatic rings. The van der Waals surface area contributed by atoms with E-state index in [1.165, 1.54) is 0 Å². The number of aliphatic carboxylic acids is 1. The number of fused-ring (bicyclic) bond motifs is 1. The average Bonchev–Trinajstić information content (AvgIpc) is 3.19. The lowest BCUT2D eigenvalue weighted by Gasteiger charge is -2.14. The third-order valence-electron chi connectivity index (χ3n) is 5.12. The van der Waals surface area contributed by atoms with Crippen LogP contribution in [0.4, 0.5) is 0 Å². The molecule has 1 heterocycles. The molecule has 0 aliphatic carbocycles. The molecule has 1 aromatic heterocycles. The summed E-state index contributed by atoms with van der Waals surface area (Å²) in [6.45, 7) is 0.989. The third-order valence-corrected chi connectivity index (χ3v) is 5.12. The van der Waals surface area contributed by atoms with Crippen LogP contribution in [0.5, 0.6) is 5.75 Å². The Kier molecular flexibility index (Phi) is 6.11. The standard InChI is InChI=1S/C25H24N2O3/c28-25(29)24(14-20-16-27-23-9-5-4-8-22(20)23)26-15-18-10-12-21(13-11-18)30-17-19-6-2-1-3-7-19/h1-13,16,24,26-27H,14-15,17H2,(H,28,29). The Labute approximate surface area is 175 Å². The normalized spacial score (nSPS) is 12.0. The van der Waals surface area contributed by atoms with Gasteiger partial charge in [-0.2, -0.15) is 0 Å². The summed E-state index contributed by atoms with van der Waals surface area (Å²) in [4.78, 5) is 15.0. The van der Waals surface area contributed by atoms with Gasteiger partial charge in [-0.3, -0.25) is 4.79 Å². The van der Waals surface area contributed by atoms with Crippen LogP contribution >= 0.6 is 0 Å². The van der Waals surface area contributed by atoms with Gasteiger partial charge in [-0.25, -0.2) is 0 Å². The Hall–Kier alpha value is -3.57. The number of H-pyrrole nitrogens is 1. The van der Waals surface area contributed by atoms with E-state index in [2.05, 4.69) is 10.3 Å². The fourth-order valence-corrected chi connectivity index (χ4v) is 3.45. The van der Waals surface area contributed by atoms with Crippen LogP contribution in [0.25, 0.3) is 10.9 Å². The van der Waals surface area contributed by atoms with E-state index in [1.54, 1.807) is 0 Å². The third kappa shape index (κ3) is 4.88. The van der Waals surface area contributed by atoms with Crippen LogP contribution in [-0.4, -0.2) is 22.1 Å². The summed E-state index contributed by atoms with van der Waals surface area (Å²) in [5, 5.41) is 13.9. The minimum Gasteiger partial charge on any atom is -0.489 e. The van der Waals surface area contributed by atoms with E-state index in [-0.39, 0.29) is 0 Å². The van der Waals surface area contributed by atoms with Crippen molar-refractivity contribution < 1.29 is 14.6 Å². The van der Waals surface area contributed by atoms with Crippen LogP contribution in [-0.2, 0) is 24.4 Å². The van der Waals surface area contributed by atoms with Gasteiger partial charge >= 0.3 is 5.97 Å². The van der Waals surface area contributed by atoms with Crippen molar-refractivity contribution in [3.05, 3.63) is 102 Å². The van der Waals surface area contributed by atoms with Crippen molar-refractivity contribution in [2.45, 2.75) is 25.6 Å². The Morgan fingerprint density at radius 1 is 0.933 bits per heavy atom. The second-order valence-corrected chi connectivity index (χ2v) is 7.25. The number of carboxylic acid groups (broad SMARTS) is 1. The molecule has 0 bridgehead atoms.